The summed E-state index contributed by atoms with van der Waals surface area (Å²) in [4.78, 5) is 22.6. The molecule has 20 heavy (non-hydrogen) atoms. The largest absolute Gasteiger partial charge is 0.345 e. The number of nitrogens with one attached hydrogen (secondary N) is 1. The van der Waals surface area contributed by atoms with Crippen LogP contribution in [0, 0.1) is 17.0 Å². The molecule has 3 N–H and O–H groups in total. The number of nitrogens with zero attached hydrogens (tertiary/aromatic N) is 1. The summed E-state index contributed by atoms with van der Waals surface area (Å²) in [6.45, 7) is 5.96. The van der Waals surface area contributed by atoms with Gasteiger partial charge in [0.2, 0.25) is 0 Å². The number of nitro groups is 1. The second-order valence-electron chi connectivity index (χ2n) is 4.96. The quantitative estimate of drug-likeness (QED) is 0.615. The molecule has 0 atom stereocenters. The van der Waals surface area contributed by atoms with Crippen molar-refractivity contribution in [3.8, 4) is 0 Å². The molecule has 1 aromatic rings. The van der Waals surface area contributed by atoms with Crippen LogP contribution in [-0.2, 0) is 0 Å². The van der Waals surface area contributed by atoms with E-state index < -0.39 is 10.5 Å². The van der Waals surface area contributed by atoms with Gasteiger partial charge in [-0.3, -0.25) is 14.9 Å². The van der Waals surface area contributed by atoms with Crippen molar-refractivity contribution in [1.29, 1.82) is 0 Å². The highest BCUT2D eigenvalue weighted by molar-refractivity contribution is 5.95. The number of carbonyl (C=O) groups excluding carboxylic acids is 1. The van der Waals surface area contributed by atoms with Crippen LogP contribution in [0.4, 0.5) is 5.69 Å². The fraction of sp³-hybridized carbons (Fsp3) is 0.500. The monoisotopic (exact) mass is 279 g/mol. The first-order chi connectivity index (χ1) is 9.37. The number of non-ortho nitro benzene ring substituents is 1. The summed E-state index contributed by atoms with van der Waals surface area (Å²) in [6.07, 6.45) is 1.42. The zero-order chi connectivity index (χ0) is 15.3. The zero-order valence-corrected chi connectivity index (χ0v) is 12.1. The number of benzene rings is 1. The first-order valence-corrected chi connectivity index (χ1v) is 6.66. The molecule has 0 spiro atoms. The maximum atomic E-state index is 12.3. The highest BCUT2D eigenvalue weighted by atomic mass is 16.6. The molecule has 0 radical (unpaired) electrons. The van der Waals surface area contributed by atoms with Crippen LogP contribution in [0.2, 0.25) is 0 Å². The number of aryl methyl sites for hydroxylation is 1. The summed E-state index contributed by atoms with van der Waals surface area (Å²) in [7, 11) is 0. The van der Waals surface area contributed by atoms with Gasteiger partial charge in [-0.1, -0.05) is 13.8 Å². The summed E-state index contributed by atoms with van der Waals surface area (Å²) in [5.74, 6) is -0.328. The van der Waals surface area contributed by atoms with E-state index in [1.807, 2.05) is 13.8 Å². The fourth-order valence-corrected chi connectivity index (χ4v) is 2.08. The third kappa shape index (κ3) is 3.54. The molecule has 0 aliphatic heterocycles. The number of rotatable bonds is 6. The molecular weight excluding hydrogens is 258 g/mol. The van der Waals surface area contributed by atoms with E-state index in [2.05, 4.69) is 5.32 Å². The molecule has 0 unspecified atom stereocenters. The molecule has 0 saturated heterocycles. The maximum absolute atomic E-state index is 12.3. The molecule has 0 aliphatic carbocycles. The van der Waals surface area contributed by atoms with Crippen molar-refractivity contribution in [3.05, 3.63) is 39.4 Å². The lowest BCUT2D eigenvalue weighted by Crippen LogP contribution is -2.52. The van der Waals surface area contributed by atoms with Crippen LogP contribution in [0.1, 0.15) is 42.6 Å². The van der Waals surface area contributed by atoms with Gasteiger partial charge >= 0.3 is 0 Å². The Labute approximate surface area is 118 Å². The van der Waals surface area contributed by atoms with Crippen LogP contribution >= 0.6 is 0 Å². The Morgan fingerprint density at radius 2 is 1.95 bits per heavy atom. The van der Waals surface area contributed by atoms with E-state index in [4.69, 9.17) is 5.73 Å². The molecule has 1 amide bonds. The molecule has 6 heteroatoms. The standard InChI is InChI=1S/C14H21N3O3/c1-4-14(5-2,9-15)16-13(18)11-6-10(3)7-12(8-11)17(19)20/h6-8H,4-5,9,15H2,1-3H3,(H,16,18). The molecule has 6 nitrogen and oxygen atoms in total. The fourth-order valence-electron chi connectivity index (χ4n) is 2.08. The smallest absolute Gasteiger partial charge is 0.270 e. The number of hydrogen-bond acceptors (Lipinski definition) is 4. The molecule has 1 rings (SSSR count). The Hall–Kier alpha value is -1.95. The van der Waals surface area contributed by atoms with Crippen molar-refractivity contribution in [3.63, 3.8) is 0 Å². The number of carbonyl (C=O) groups is 1. The third-order valence-corrected chi connectivity index (χ3v) is 3.66. The highest BCUT2D eigenvalue weighted by Gasteiger charge is 2.27. The van der Waals surface area contributed by atoms with Gasteiger partial charge in [0.25, 0.3) is 11.6 Å². The van der Waals surface area contributed by atoms with Gasteiger partial charge in [0.15, 0.2) is 0 Å². The predicted octanol–water partition coefficient (Wildman–Crippen LogP) is 2.15. The molecule has 0 bridgehead atoms. The van der Waals surface area contributed by atoms with Gasteiger partial charge in [-0.25, -0.2) is 0 Å². The van der Waals surface area contributed by atoms with Crippen molar-refractivity contribution < 1.29 is 9.72 Å². The van der Waals surface area contributed by atoms with Crippen molar-refractivity contribution >= 4 is 11.6 Å². The molecule has 1 aromatic carbocycles. The van der Waals surface area contributed by atoms with Crippen LogP contribution in [-0.4, -0.2) is 22.9 Å². The van der Waals surface area contributed by atoms with Crippen LogP contribution in [0.25, 0.3) is 0 Å². The van der Waals surface area contributed by atoms with Crippen LogP contribution in [0.15, 0.2) is 18.2 Å². The second-order valence-corrected chi connectivity index (χ2v) is 4.96. The number of hydrogen-bond donors (Lipinski definition) is 2. The van der Waals surface area contributed by atoms with Gasteiger partial charge in [-0.05, 0) is 31.4 Å². The van der Waals surface area contributed by atoms with E-state index in [0.29, 0.717) is 24.9 Å². The van der Waals surface area contributed by atoms with Gasteiger partial charge < -0.3 is 11.1 Å². The Bertz CT molecular complexity index is 502. The van der Waals surface area contributed by atoms with Gasteiger partial charge in [0.1, 0.15) is 0 Å². The van der Waals surface area contributed by atoms with Gasteiger partial charge in [-0.15, -0.1) is 0 Å². The minimum Gasteiger partial charge on any atom is -0.345 e. The first kappa shape index (κ1) is 16.1. The summed E-state index contributed by atoms with van der Waals surface area (Å²) < 4.78 is 0. The van der Waals surface area contributed by atoms with Crippen molar-refractivity contribution in [2.75, 3.05) is 6.54 Å². The molecule has 110 valence electrons. The van der Waals surface area contributed by atoms with Gasteiger partial charge in [0, 0.05) is 24.2 Å². The van der Waals surface area contributed by atoms with Crippen LogP contribution in [0.3, 0.4) is 0 Å². The molecule has 0 aromatic heterocycles. The molecular formula is C14H21N3O3. The van der Waals surface area contributed by atoms with Crippen molar-refractivity contribution in [2.45, 2.75) is 39.2 Å². The van der Waals surface area contributed by atoms with Crippen LogP contribution in [0.5, 0.6) is 0 Å². The van der Waals surface area contributed by atoms with Crippen LogP contribution < -0.4 is 11.1 Å². The van der Waals surface area contributed by atoms with E-state index in [9.17, 15) is 14.9 Å². The van der Waals surface area contributed by atoms with Crippen molar-refractivity contribution in [2.24, 2.45) is 5.73 Å². The number of amides is 1. The lowest BCUT2D eigenvalue weighted by molar-refractivity contribution is -0.384. The Kier molecular flexibility index (Phi) is 5.21. The first-order valence-electron chi connectivity index (χ1n) is 6.66. The molecule has 0 aliphatic rings. The second kappa shape index (κ2) is 6.47. The summed E-state index contributed by atoms with van der Waals surface area (Å²) in [5.41, 5.74) is 6.16. The van der Waals surface area contributed by atoms with Crippen molar-refractivity contribution in [1.82, 2.24) is 5.32 Å². The lowest BCUT2D eigenvalue weighted by Gasteiger charge is -2.31. The SMILES string of the molecule is CCC(CC)(CN)NC(=O)c1cc(C)cc([N+](=O)[O-])c1. The Morgan fingerprint density at radius 1 is 1.35 bits per heavy atom. The van der Waals surface area contributed by atoms with Gasteiger partial charge in [-0.2, -0.15) is 0 Å². The third-order valence-electron chi connectivity index (χ3n) is 3.66. The zero-order valence-electron chi connectivity index (χ0n) is 12.1. The Balaban J connectivity index is 3.06. The minimum atomic E-state index is -0.500. The van der Waals surface area contributed by atoms with E-state index >= 15 is 0 Å². The average molecular weight is 279 g/mol. The van der Waals surface area contributed by atoms with E-state index in [1.54, 1.807) is 13.0 Å². The van der Waals surface area contributed by atoms with E-state index in [0.717, 1.165) is 0 Å². The van der Waals surface area contributed by atoms with Gasteiger partial charge in [0.05, 0.1) is 10.5 Å². The topological polar surface area (TPSA) is 98.3 Å². The normalized spacial score (nSPS) is 11.2. The predicted molar refractivity (Wildman–Crippen MR) is 77.7 cm³/mol. The highest BCUT2D eigenvalue weighted by Crippen LogP contribution is 2.19. The van der Waals surface area contributed by atoms with E-state index in [-0.39, 0.29) is 17.2 Å². The number of nitrogens with two attached hydrogens (primary N) is 1. The summed E-state index contributed by atoms with van der Waals surface area (Å²) in [6, 6.07) is 4.36. The number of nitro benzene ring substituents is 1. The van der Waals surface area contributed by atoms with E-state index in [1.165, 1.54) is 12.1 Å². The lowest BCUT2D eigenvalue weighted by atomic mass is 9.92. The summed E-state index contributed by atoms with van der Waals surface area (Å²) in [5, 5.41) is 13.7. The average Bonchev–Trinajstić information content (AvgIpc) is 2.44. The molecule has 0 fully saturated rings. The Morgan fingerprint density at radius 3 is 2.40 bits per heavy atom. The molecule has 0 saturated carbocycles. The maximum Gasteiger partial charge on any atom is 0.270 e. The summed E-state index contributed by atoms with van der Waals surface area (Å²) >= 11 is 0. The molecule has 0 heterocycles. The minimum absolute atomic E-state index is 0.0819.